The normalized spacial score (nSPS) is 9.88. The third kappa shape index (κ3) is 2.34. The van der Waals surface area contributed by atoms with Gasteiger partial charge in [0.2, 0.25) is 0 Å². The molecule has 0 bridgehead atoms. The van der Waals surface area contributed by atoms with Crippen LogP contribution in [0, 0.1) is 0 Å². The number of nitrogens with zero attached hydrogens (tertiary/aromatic N) is 1. The molecule has 1 heterocycles. The van der Waals surface area contributed by atoms with Crippen molar-refractivity contribution in [2.45, 2.75) is 0 Å². The molecule has 1 amide bonds. The molecular formula is C12H11N3O2. The van der Waals surface area contributed by atoms with Gasteiger partial charge in [0.15, 0.2) is 11.4 Å². The van der Waals surface area contributed by atoms with E-state index in [1.165, 1.54) is 6.20 Å². The molecule has 17 heavy (non-hydrogen) atoms. The van der Waals surface area contributed by atoms with Crippen molar-refractivity contribution in [1.29, 1.82) is 0 Å². The maximum Gasteiger partial charge on any atom is 0.271 e. The molecule has 0 aliphatic rings. The molecule has 1 aromatic heterocycles. The molecular weight excluding hydrogens is 218 g/mol. The molecule has 0 fully saturated rings. The topological polar surface area (TPSA) is 91.2 Å². The maximum atomic E-state index is 11.2. The first-order chi connectivity index (χ1) is 8.18. The number of nitrogen functional groups attached to an aromatic ring is 1. The summed E-state index contributed by atoms with van der Waals surface area (Å²) in [5, 5.41) is 0. The Morgan fingerprint density at radius 2 is 1.88 bits per heavy atom. The fraction of sp³-hybridized carbons (Fsp3) is 0. The third-order valence-corrected chi connectivity index (χ3v) is 2.13. The van der Waals surface area contributed by atoms with E-state index in [4.69, 9.17) is 16.2 Å². The van der Waals surface area contributed by atoms with E-state index < -0.39 is 5.91 Å². The zero-order chi connectivity index (χ0) is 12.3. The number of para-hydroxylation sites is 1. The largest absolute Gasteiger partial charge is 0.453 e. The van der Waals surface area contributed by atoms with Crippen LogP contribution in [-0.4, -0.2) is 10.9 Å². The average Bonchev–Trinajstić information content (AvgIpc) is 2.33. The number of carbonyl (C=O) groups excluding carboxylic acids is 1. The Balaban J connectivity index is 2.41. The lowest BCUT2D eigenvalue weighted by Crippen LogP contribution is -2.15. The molecule has 0 aliphatic heterocycles. The van der Waals surface area contributed by atoms with Gasteiger partial charge in [0.05, 0.1) is 5.69 Å². The average molecular weight is 229 g/mol. The van der Waals surface area contributed by atoms with Crippen molar-refractivity contribution < 1.29 is 9.53 Å². The monoisotopic (exact) mass is 229 g/mol. The first kappa shape index (κ1) is 10.9. The van der Waals surface area contributed by atoms with Crippen LogP contribution in [0.25, 0.3) is 0 Å². The second-order valence-electron chi connectivity index (χ2n) is 3.36. The summed E-state index contributed by atoms with van der Waals surface area (Å²) in [6.07, 6.45) is 1.41. The van der Waals surface area contributed by atoms with Crippen molar-refractivity contribution >= 4 is 11.6 Å². The lowest BCUT2D eigenvalue weighted by Gasteiger charge is -2.10. The van der Waals surface area contributed by atoms with Crippen LogP contribution < -0.4 is 16.2 Å². The molecule has 0 unspecified atom stereocenters. The Kier molecular flexibility index (Phi) is 2.91. The SMILES string of the molecule is NC(=O)c1nccc(N)c1Oc1ccccc1. The number of ether oxygens (including phenoxy) is 1. The van der Waals surface area contributed by atoms with Crippen molar-refractivity contribution in [3.05, 3.63) is 48.3 Å². The quantitative estimate of drug-likeness (QED) is 0.835. The highest BCUT2D eigenvalue weighted by Crippen LogP contribution is 2.29. The predicted octanol–water partition coefficient (Wildman–Crippen LogP) is 1.55. The number of rotatable bonds is 3. The summed E-state index contributed by atoms with van der Waals surface area (Å²) in [5.41, 5.74) is 11.3. The fourth-order valence-corrected chi connectivity index (χ4v) is 1.35. The van der Waals surface area contributed by atoms with Crippen LogP contribution >= 0.6 is 0 Å². The van der Waals surface area contributed by atoms with Gasteiger partial charge >= 0.3 is 0 Å². The Hall–Kier alpha value is -2.56. The first-order valence-electron chi connectivity index (χ1n) is 4.95. The van der Waals surface area contributed by atoms with Crippen LogP contribution in [0.2, 0.25) is 0 Å². The molecule has 86 valence electrons. The first-order valence-corrected chi connectivity index (χ1v) is 4.95. The summed E-state index contributed by atoms with van der Waals surface area (Å²) < 4.78 is 5.51. The van der Waals surface area contributed by atoms with E-state index in [1.54, 1.807) is 18.2 Å². The van der Waals surface area contributed by atoms with E-state index >= 15 is 0 Å². The molecule has 0 spiro atoms. The number of hydrogen-bond donors (Lipinski definition) is 2. The number of pyridine rings is 1. The fourth-order valence-electron chi connectivity index (χ4n) is 1.35. The van der Waals surface area contributed by atoms with E-state index in [1.807, 2.05) is 18.2 Å². The predicted molar refractivity (Wildman–Crippen MR) is 63.7 cm³/mol. The zero-order valence-electron chi connectivity index (χ0n) is 8.96. The van der Waals surface area contributed by atoms with E-state index in [-0.39, 0.29) is 11.4 Å². The van der Waals surface area contributed by atoms with Gasteiger partial charge in [0.25, 0.3) is 5.91 Å². The van der Waals surface area contributed by atoms with Gasteiger partial charge in [-0.15, -0.1) is 0 Å². The van der Waals surface area contributed by atoms with E-state index in [2.05, 4.69) is 4.98 Å². The Morgan fingerprint density at radius 3 is 2.53 bits per heavy atom. The number of hydrogen-bond acceptors (Lipinski definition) is 4. The van der Waals surface area contributed by atoms with E-state index in [0.717, 1.165) is 0 Å². The Bertz CT molecular complexity index is 541. The number of benzene rings is 1. The Morgan fingerprint density at radius 1 is 1.18 bits per heavy atom. The number of amides is 1. The molecule has 0 aliphatic carbocycles. The van der Waals surface area contributed by atoms with Crippen LogP contribution in [0.1, 0.15) is 10.5 Å². The van der Waals surface area contributed by atoms with Crippen molar-refractivity contribution in [1.82, 2.24) is 4.98 Å². The van der Waals surface area contributed by atoms with Gasteiger partial charge in [0, 0.05) is 6.20 Å². The number of anilines is 1. The molecule has 1 aromatic carbocycles. The lowest BCUT2D eigenvalue weighted by atomic mass is 10.2. The number of primary amides is 1. The zero-order valence-corrected chi connectivity index (χ0v) is 8.96. The minimum absolute atomic E-state index is 0.0221. The summed E-state index contributed by atoms with van der Waals surface area (Å²) >= 11 is 0. The molecule has 0 saturated carbocycles. The summed E-state index contributed by atoms with van der Waals surface area (Å²) in [4.78, 5) is 15.0. The Labute approximate surface area is 98.0 Å². The smallest absolute Gasteiger partial charge is 0.271 e. The van der Waals surface area contributed by atoms with Crippen molar-refractivity contribution in [3.8, 4) is 11.5 Å². The highest BCUT2D eigenvalue weighted by molar-refractivity contribution is 5.95. The molecule has 2 aromatic rings. The standard InChI is InChI=1S/C12H11N3O2/c13-9-6-7-15-10(12(14)16)11(9)17-8-4-2-1-3-5-8/h1-7H,(H2,13,15)(H2,14,16). The van der Waals surface area contributed by atoms with Crippen LogP contribution in [0.5, 0.6) is 11.5 Å². The van der Waals surface area contributed by atoms with Crippen LogP contribution in [0.4, 0.5) is 5.69 Å². The summed E-state index contributed by atoms with van der Waals surface area (Å²) in [6.45, 7) is 0. The van der Waals surface area contributed by atoms with Crippen molar-refractivity contribution in [2.24, 2.45) is 5.73 Å². The summed E-state index contributed by atoms with van der Waals surface area (Å²) in [6, 6.07) is 10.5. The molecule has 5 nitrogen and oxygen atoms in total. The number of carbonyl (C=O) groups is 1. The molecule has 0 radical (unpaired) electrons. The summed E-state index contributed by atoms with van der Waals surface area (Å²) in [5.74, 6) is 0.0733. The molecule has 0 saturated heterocycles. The van der Waals surface area contributed by atoms with Crippen molar-refractivity contribution in [3.63, 3.8) is 0 Å². The highest BCUT2D eigenvalue weighted by Gasteiger charge is 2.14. The summed E-state index contributed by atoms with van der Waals surface area (Å²) in [7, 11) is 0. The van der Waals surface area contributed by atoms with Gasteiger partial charge < -0.3 is 16.2 Å². The molecule has 4 N–H and O–H groups in total. The van der Waals surface area contributed by atoms with Gasteiger partial charge in [-0.25, -0.2) is 4.98 Å². The van der Waals surface area contributed by atoms with Crippen LogP contribution in [-0.2, 0) is 0 Å². The van der Waals surface area contributed by atoms with Gasteiger partial charge in [-0.3, -0.25) is 4.79 Å². The minimum atomic E-state index is -0.678. The van der Waals surface area contributed by atoms with Gasteiger partial charge in [-0.1, -0.05) is 18.2 Å². The molecule has 2 rings (SSSR count). The van der Waals surface area contributed by atoms with E-state index in [0.29, 0.717) is 11.4 Å². The molecule has 5 heteroatoms. The second kappa shape index (κ2) is 4.52. The number of aromatic nitrogens is 1. The third-order valence-electron chi connectivity index (χ3n) is 2.13. The second-order valence-corrected chi connectivity index (χ2v) is 3.36. The van der Waals surface area contributed by atoms with Gasteiger partial charge in [-0.05, 0) is 18.2 Å². The van der Waals surface area contributed by atoms with E-state index in [9.17, 15) is 4.79 Å². The van der Waals surface area contributed by atoms with Crippen LogP contribution in [0.3, 0.4) is 0 Å². The van der Waals surface area contributed by atoms with Gasteiger partial charge in [0.1, 0.15) is 5.75 Å². The van der Waals surface area contributed by atoms with Gasteiger partial charge in [-0.2, -0.15) is 0 Å². The number of nitrogens with two attached hydrogens (primary N) is 2. The van der Waals surface area contributed by atoms with Crippen molar-refractivity contribution in [2.75, 3.05) is 5.73 Å². The lowest BCUT2D eigenvalue weighted by molar-refractivity contribution is 0.0993. The molecule has 0 atom stereocenters. The highest BCUT2D eigenvalue weighted by atomic mass is 16.5. The maximum absolute atomic E-state index is 11.2. The van der Waals surface area contributed by atoms with Crippen LogP contribution in [0.15, 0.2) is 42.6 Å². The minimum Gasteiger partial charge on any atom is -0.453 e.